The zero-order valence-corrected chi connectivity index (χ0v) is 14.1. The molecule has 0 atom stereocenters. The normalized spacial score (nSPS) is 10.4. The van der Waals surface area contributed by atoms with Gasteiger partial charge in [-0.2, -0.15) is 0 Å². The third kappa shape index (κ3) is 4.13. The number of hydrogen-bond donors (Lipinski definition) is 2. The molecule has 0 aliphatic rings. The van der Waals surface area contributed by atoms with E-state index < -0.39 is 0 Å². The van der Waals surface area contributed by atoms with Crippen molar-refractivity contribution in [2.75, 3.05) is 5.32 Å². The van der Waals surface area contributed by atoms with Crippen LogP contribution < -0.4 is 10.6 Å². The molecule has 1 aromatic heterocycles. The molecule has 0 saturated carbocycles. The molecule has 0 saturated heterocycles. The quantitative estimate of drug-likeness (QED) is 0.625. The van der Waals surface area contributed by atoms with Gasteiger partial charge < -0.3 is 15.1 Å². The van der Waals surface area contributed by atoms with Gasteiger partial charge in [-0.25, -0.2) is 4.39 Å². The summed E-state index contributed by atoms with van der Waals surface area (Å²) in [7, 11) is 0. The van der Waals surface area contributed by atoms with E-state index in [-0.39, 0.29) is 5.82 Å². The van der Waals surface area contributed by atoms with Gasteiger partial charge in [-0.05, 0) is 60.7 Å². The Morgan fingerprint density at radius 2 is 1.79 bits per heavy atom. The van der Waals surface area contributed by atoms with E-state index >= 15 is 0 Å². The number of halogens is 2. The summed E-state index contributed by atoms with van der Waals surface area (Å²) in [5, 5.41) is 6.80. The zero-order chi connectivity index (χ0) is 16.9. The molecular weight excluding hydrogens is 347 g/mol. The summed E-state index contributed by atoms with van der Waals surface area (Å²) in [6.07, 6.45) is 0. The molecule has 3 nitrogen and oxygen atoms in total. The highest BCUT2D eigenvalue weighted by Crippen LogP contribution is 2.23. The van der Waals surface area contributed by atoms with Crippen LogP contribution in [0.2, 0.25) is 5.02 Å². The molecule has 0 spiro atoms. The van der Waals surface area contributed by atoms with Crippen molar-refractivity contribution in [2.24, 2.45) is 0 Å². The van der Waals surface area contributed by atoms with E-state index in [0.29, 0.717) is 22.4 Å². The highest BCUT2D eigenvalue weighted by atomic mass is 35.5. The maximum Gasteiger partial charge on any atom is 0.171 e. The Hall–Kier alpha value is -2.37. The molecule has 122 valence electrons. The van der Waals surface area contributed by atoms with Crippen molar-refractivity contribution in [3.05, 3.63) is 77.3 Å². The lowest BCUT2D eigenvalue weighted by Crippen LogP contribution is -2.28. The maximum atomic E-state index is 13.6. The van der Waals surface area contributed by atoms with Gasteiger partial charge in [0.15, 0.2) is 5.11 Å². The lowest BCUT2D eigenvalue weighted by atomic mass is 10.2. The van der Waals surface area contributed by atoms with Gasteiger partial charge in [-0.15, -0.1) is 0 Å². The maximum absolute atomic E-state index is 13.6. The molecule has 0 aliphatic carbocycles. The predicted octanol–water partition coefficient (Wildman–Crippen LogP) is 5.23. The minimum atomic E-state index is -0.357. The second kappa shape index (κ2) is 7.47. The number of furan rings is 1. The van der Waals surface area contributed by atoms with Crippen LogP contribution in [0.15, 0.2) is 65.1 Å². The average Bonchev–Trinajstić information content (AvgIpc) is 3.05. The fraction of sp³-hybridized carbons (Fsp3) is 0.0556. The van der Waals surface area contributed by atoms with Crippen LogP contribution in [-0.4, -0.2) is 5.11 Å². The molecule has 0 unspecified atom stereocenters. The summed E-state index contributed by atoms with van der Waals surface area (Å²) in [6, 6.07) is 17.5. The average molecular weight is 361 g/mol. The zero-order valence-electron chi connectivity index (χ0n) is 12.6. The summed E-state index contributed by atoms with van der Waals surface area (Å²) < 4.78 is 19.3. The monoisotopic (exact) mass is 360 g/mol. The first kappa shape index (κ1) is 16.5. The van der Waals surface area contributed by atoms with Crippen molar-refractivity contribution in [2.45, 2.75) is 6.54 Å². The van der Waals surface area contributed by atoms with Crippen LogP contribution in [0.5, 0.6) is 0 Å². The lowest BCUT2D eigenvalue weighted by Gasteiger charge is -2.10. The van der Waals surface area contributed by atoms with E-state index in [1.54, 1.807) is 18.2 Å². The van der Waals surface area contributed by atoms with Crippen molar-refractivity contribution in [1.82, 2.24) is 5.32 Å². The number of nitrogens with one attached hydrogen (secondary N) is 2. The first-order valence-corrected chi connectivity index (χ1v) is 8.04. The number of rotatable bonds is 4. The smallest absolute Gasteiger partial charge is 0.171 e. The van der Waals surface area contributed by atoms with E-state index in [1.807, 2.05) is 36.4 Å². The number of anilines is 1. The Labute approximate surface area is 149 Å². The van der Waals surface area contributed by atoms with Crippen molar-refractivity contribution in [1.29, 1.82) is 0 Å². The molecule has 3 aromatic rings. The summed E-state index contributed by atoms with van der Waals surface area (Å²) in [6.45, 7) is 0.397. The van der Waals surface area contributed by atoms with Gasteiger partial charge in [-0.1, -0.05) is 23.7 Å². The Bertz CT molecular complexity index is 848. The third-order valence-corrected chi connectivity index (χ3v) is 3.83. The van der Waals surface area contributed by atoms with Gasteiger partial charge in [0.25, 0.3) is 0 Å². The van der Waals surface area contributed by atoms with E-state index in [4.69, 9.17) is 28.2 Å². The Morgan fingerprint density at radius 3 is 2.54 bits per heavy atom. The van der Waals surface area contributed by atoms with E-state index in [0.717, 1.165) is 17.1 Å². The second-order valence-electron chi connectivity index (χ2n) is 5.06. The molecule has 0 bridgehead atoms. The van der Waals surface area contributed by atoms with Gasteiger partial charge in [0.1, 0.15) is 17.3 Å². The largest absolute Gasteiger partial charge is 0.459 e. The first-order valence-electron chi connectivity index (χ1n) is 7.26. The summed E-state index contributed by atoms with van der Waals surface area (Å²) in [4.78, 5) is 0. The molecule has 1 heterocycles. The summed E-state index contributed by atoms with van der Waals surface area (Å²) in [5.74, 6) is 1.11. The Kier molecular flexibility index (Phi) is 5.13. The highest BCUT2D eigenvalue weighted by molar-refractivity contribution is 7.80. The number of para-hydroxylation sites is 1. The van der Waals surface area contributed by atoms with Gasteiger partial charge in [0.05, 0.1) is 12.2 Å². The lowest BCUT2D eigenvalue weighted by molar-refractivity contribution is 0.516. The molecule has 24 heavy (non-hydrogen) atoms. The van der Waals surface area contributed by atoms with Crippen LogP contribution >= 0.6 is 23.8 Å². The van der Waals surface area contributed by atoms with Crippen LogP contribution in [0.1, 0.15) is 5.76 Å². The molecule has 0 aliphatic heterocycles. The van der Waals surface area contributed by atoms with Crippen LogP contribution in [0.4, 0.5) is 10.1 Å². The first-order chi connectivity index (χ1) is 11.6. The van der Waals surface area contributed by atoms with Gasteiger partial charge in [0.2, 0.25) is 0 Å². The third-order valence-electron chi connectivity index (χ3n) is 3.34. The molecule has 0 radical (unpaired) electrons. The summed E-state index contributed by atoms with van der Waals surface area (Å²) in [5.41, 5.74) is 1.27. The molecule has 3 rings (SSSR count). The topological polar surface area (TPSA) is 37.2 Å². The van der Waals surface area contributed by atoms with Crippen molar-refractivity contribution in [3.63, 3.8) is 0 Å². The molecule has 2 N–H and O–H groups in total. The molecular formula is C18H14ClFN2OS. The highest BCUT2D eigenvalue weighted by Gasteiger charge is 2.07. The molecule has 0 amide bonds. The van der Waals surface area contributed by atoms with Gasteiger partial charge in [0, 0.05) is 10.6 Å². The van der Waals surface area contributed by atoms with Gasteiger partial charge in [-0.3, -0.25) is 0 Å². The van der Waals surface area contributed by atoms with Crippen LogP contribution in [0.25, 0.3) is 11.3 Å². The predicted molar refractivity (Wildman–Crippen MR) is 98.6 cm³/mol. The van der Waals surface area contributed by atoms with Crippen LogP contribution in [0.3, 0.4) is 0 Å². The van der Waals surface area contributed by atoms with Crippen molar-refractivity contribution in [3.8, 4) is 11.3 Å². The van der Waals surface area contributed by atoms with Crippen LogP contribution in [-0.2, 0) is 6.54 Å². The molecule has 0 fully saturated rings. The Balaban J connectivity index is 1.58. The van der Waals surface area contributed by atoms with E-state index in [1.165, 1.54) is 6.07 Å². The minimum Gasteiger partial charge on any atom is -0.459 e. The standard InChI is InChI=1S/C18H14ClFN2OS/c19-13-7-5-12(6-8-13)17-10-9-14(23-17)11-21-18(24)22-16-4-2-1-3-15(16)20/h1-10H,11H2,(H2,21,22,24). The van der Waals surface area contributed by atoms with E-state index in [9.17, 15) is 4.39 Å². The van der Waals surface area contributed by atoms with Crippen LogP contribution in [0, 0.1) is 5.82 Å². The number of benzene rings is 2. The SMILES string of the molecule is Fc1ccccc1NC(=S)NCc1ccc(-c2ccc(Cl)cc2)o1. The summed E-state index contributed by atoms with van der Waals surface area (Å²) >= 11 is 11.0. The van der Waals surface area contributed by atoms with E-state index in [2.05, 4.69) is 10.6 Å². The minimum absolute atomic E-state index is 0.324. The number of hydrogen-bond acceptors (Lipinski definition) is 2. The second-order valence-corrected chi connectivity index (χ2v) is 5.91. The van der Waals surface area contributed by atoms with Crippen molar-refractivity contribution < 1.29 is 8.81 Å². The van der Waals surface area contributed by atoms with Crippen molar-refractivity contribution >= 4 is 34.6 Å². The fourth-order valence-corrected chi connectivity index (χ4v) is 2.45. The number of thiocarbonyl (C=S) groups is 1. The Morgan fingerprint density at radius 1 is 1.04 bits per heavy atom. The molecule has 2 aromatic carbocycles. The fourth-order valence-electron chi connectivity index (χ4n) is 2.14. The molecule has 6 heteroatoms. The van der Waals surface area contributed by atoms with Gasteiger partial charge >= 0.3 is 0 Å².